The zero-order valence-corrected chi connectivity index (χ0v) is 14.0. The van der Waals surface area contributed by atoms with Crippen molar-refractivity contribution in [3.05, 3.63) is 57.6 Å². The lowest BCUT2D eigenvalue weighted by Crippen LogP contribution is -1.98. The molecule has 0 spiro atoms. The molecule has 0 aromatic heterocycles. The third-order valence-corrected chi connectivity index (χ3v) is 3.72. The minimum Gasteiger partial charge on any atom is -0.457 e. The van der Waals surface area contributed by atoms with Gasteiger partial charge in [-0.15, -0.1) is 0 Å². The van der Waals surface area contributed by atoms with E-state index < -0.39 is 0 Å². The van der Waals surface area contributed by atoms with Gasteiger partial charge in [0.15, 0.2) is 0 Å². The minimum absolute atomic E-state index is 0.207. The van der Waals surface area contributed by atoms with E-state index in [-0.39, 0.29) is 12.4 Å². The molecule has 2 aromatic rings. The minimum atomic E-state index is 0.207. The van der Waals surface area contributed by atoms with E-state index in [2.05, 4.69) is 15.9 Å². The second-order valence-electron chi connectivity index (χ2n) is 4.54. The van der Waals surface area contributed by atoms with Gasteiger partial charge in [-0.25, -0.2) is 0 Å². The summed E-state index contributed by atoms with van der Waals surface area (Å²) in [6, 6.07) is 14.2. The first-order valence-electron chi connectivity index (χ1n) is 6.65. The highest BCUT2D eigenvalue weighted by atomic mass is 79.9. The molecule has 0 N–H and O–H groups in total. The molecule has 6 heteroatoms. The van der Waals surface area contributed by atoms with Gasteiger partial charge in [0.05, 0.1) is 17.7 Å². The summed E-state index contributed by atoms with van der Waals surface area (Å²) in [6.07, 6.45) is 0. The summed E-state index contributed by atoms with van der Waals surface area (Å²) in [5.74, 6) is 1.10. The highest BCUT2D eigenvalue weighted by Gasteiger charge is 2.07. The zero-order chi connectivity index (χ0) is 16.7. The van der Waals surface area contributed by atoms with Crippen LogP contribution in [0.2, 0.25) is 0 Å². The first-order chi connectivity index (χ1) is 11.2. The summed E-state index contributed by atoms with van der Waals surface area (Å²) in [5, 5.41) is 18.0. The molecule has 0 aliphatic heterocycles. The molecular weight excluding hydrogens is 360 g/mol. The van der Waals surface area contributed by atoms with Crippen molar-refractivity contribution in [1.82, 2.24) is 0 Å². The van der Waals surface area contributed by atoms with Crippen LogP contribution in [0, 0.1) is 22.7 Å². The maximum atomic E-state index is 9.05. The van der Waals surface area contributed by atoms with Gasteiger partial charge in [-0.3, -0.25) is 0 Å². The van der Waals surface area contributed by atoms with Crippen molar-refractivity contribution in [2.45, 2.75) is 6.61 Å². The van der Waals surface area contributed by atoms with E-state index in [0.29, 0.717) is 23.7 Å². The normalized spacial score (nSPS) is 9.91. The summed E-state index contributed by atoms with van der Waals surface area (Å²) < 4.78 is 16.8. The number of hydrogen-bond acceptors (Lipinski definition) is 5. The molecule has 0 atom stereocenters. The van der Waals surface area contributed by atoms with Crippen molar-refractivity contribution < 1.29 is 14.2 Å². The van der Waals surface area contributed by atoms with Crippen LogP contribution < -0.4 is 4.74 Å². The second kappa shape index (κ2) is 8.30. The Labute approximate surface area is 142 Å². The van der Waals surface area contributed by atoms with Crippen LogP contribution in [0.5, 0.6) is 11.5 Å². The molecule has 2 aromatic carbocycles. The number of benzene rings is 2. The number of halogens is 1. The summed E-state index contributed by atoms with van der Waals surface area (Å²) in [7, 11) is 1.56. The van der Waals surface area contributed by atoms with Crippen molar-refractivity contribution in [3.63, 3.8) is 0 Å². The first-order valence-corrected chi connectivity index (χ1v) is 7.44. The topological polar surface area (TPSA) is 75.3 Å². The van der Waals surface area contributed by atoms with E-state index in [1.54, 1.807) is 31.4 Å². The van der Waals surface area contributed by atoms with Crippen LogP contribution in [0.1, 0.15) is 16.7 Å². The van der Waals surface area contributed by atoms with Gasteiger partial charge in [0.25, 0.3) is 0 Å². The average molecular weight is 373 g/mol. The van der Waals surface area contributed by atoms with Crippen molar-refractivity contribution in [2.75, 3.05) is 13.9 Å². The summed E-state index contributed by atoms with van der Waals surface area (Å²) in [6.45, 7) is 0.584. The second-order valence-corrected chi connectivity index (χ2v) is 5.40. The quantitative estimate of drug-likeness (QED) is 0.563. The van der Waals surface area contributed by atoms with Crippen molar-refractivity contribution in [1.29, 1.82) is 10.5 Å². The molecule has 0 saturated carbocycles. The van der Waals surface area contributed by atoms with Gasteiger partial charge in [0, 0.05) is 11.6 Å². The van der Waals surface area contributed by atoms with Crippen LogP contribution in [-0.2, 0) is 16.1 Å². The number of nitrogens with zero attached hydrogens (tertiary/aromatic N) is 2. The molecule has 0 fully saturated rings. The molecule has 23 heavy (non-hydrogen) atoms. The molecule has 5 nitrogen and oxygen atoms in total. The molecule has 0 bridgehead atoms. The lowest BCUT2D eigenvalue weighted by molar-refractivity contribution is -0.0392. The smallest absolute Gasteiger partial charge is 0.146 e. The molecule has 0 heterocycles. The Morgan fingerprint density at radius 2 is 1.70 bits per heavy atom. The predicted octanol–water partition coefficient (Wildman–Crippen LogP) is 4.11. The highest BCUT2D eigenvalue weighted by Crippen LogP contribution is 2.28. The van der Waals surface area contributed by atoms with Crippen LogP contribution in [0.4, 0.5) is 0 Å². The van der Waals surface area contributed by atoms with Crippen LogP contribution >= 0.6 is 15.9 Å². The van der Waals surface area contributed by atoms with Gasteiger partial charge < -0.3 is 14.2 Å². The number of rotatable bonds is 6. The van der Waals surface area contributed by atoms with Gasteiger partial charge in [-0.2, -0.15) is 10.5 Å². The van der Waals surface area contributed by atoms with E-state index in [1.807, 2.05) is 24.3 Å². The number of methoxy groups -OCH3 is 1. The fourth-order valence-electron chi connectivity index (χ4n) is 1.87. The van der Waals surface area contributed by atoms with Crippen molar-refractivity contribution in [2.24, 2.45) is 0 Å². The molecule has 0 radical (unpaired) electrons. The van der Waals surface area contributed by atoms with Gasteiger partial charge in [0.1, 0.15) is 30.4 Å². The Kier molecular flexibility index (Phi) is 6.13. The summed E-state index contributed by atoms with van der Waals surface area (Å²) in [4.78, 5) is 0. The Bertz CT molecular complexity index is 778. The van der Waals surface area contributed by atoms with Gasteiger partial charge >= 0.3 is 0 Å². The standard InChI is InChI=1S/C17H13BrN2O3/c1-21-11-22-10-14-7-16(4-5-17(14)18)23-15-3-2-12(8-19)13(6-15)9-20/h2-7H,10-11H2,1H3. The number of nitriles is 2. The lowest BCUT2D eigenvalue weighted by atomic mass is 10.1. The molecule has 0 amide bonds. The molecule has 2 rings (SSSR count). The van der Waals surface area contributed by atoms with E-state index in [0.717, 1.165) is 10.0 Å². The fraction of sp³-hybridized carbons (Fsp3) is 0.176. The van der Waals surface area contributed by atoms with Crippen molar-refractivity contribution >= 4 is 15.9 Å². The molecule has 0 unspecified atom stereocenters. The van der Waals surface area contributed by atoms with E-state index in [9.17, 15) is 0 Å². The SMILES string of the molecule is COCOCc1cc(Oc2ccc(C#N)c(C#N)c2)ccc1Br. The van der Waals surface area contributed by atoms with Crippen molar-refractivity contribution in [3.8, 4) is 23.6 Å². The van der Waals surface area contributed by atoms with Crippen LogP contribution in [-0.4, -0.2) is 13.9 Å². The van der Waals surface area contributed by atoms with Gasteiger partial charge in [-0.05, 0) is 42.0 Å². The zero-order valence-electron chi connectivity index (χ0n) is 12.4. The van der Waals surface area contributed by atoms with Crippen LogP contribution in [0.3, 0.4) is 0 Å². The highest BCUT2D eigenvalue weighted by molar-refractivity contribution is 9.10. The third kappa shape index (κ3) is 4.54. The van der Waals surface area contributed by atoms with E-state index >= 15 is 0 Å². The predicted molar refractivity (Wildman–Crippen MR) is 86.8 cm³/mol. The average Bonchev–Trinajstić information content (AvgIpc) is 2.57. The Morgan fingerprint density at radius 1 is 1.00 bits per heavy atom. The van der Waals surface area contributed by atoms with Gasteiger partial charge in [-0.1, -0.05) is 15.9 Å². The maximum absolute atomic E-state index is 9.05. The Balaban J connectivity index is 2.19. The van der Waals surface area contributed by atoms with Gasteiger partial charge in [0.2, 0.25) is 0 Å². The number of hydrogen-bond donors (Lipinski definition) is 0. The third-order valence-electron chi connectivity index (χ3n) is 2.94. The molecular formula is C17H13BrN2O3. The summed E-state index contributed by atoms with van der Waals surface area (Å²) >= 11 is 3.45. The lowest BCUT2D eigenvalue weighted by Gasteiger charge is -2.10. The Morgan fingerprint density at radius 3 is 2.39 bits per heavy atom. The maximum Gasteiger partial charge on any atom is 0.146 e. The Hall–Kier alpha value is -2.38. The largest absolute Gasteiger partial charge is 0.457 e. The first kappa shape index (κ1) is 17.0. The van der Waals surface area contributed by atoms with Crippen LogP contribution in [0.25, 0.3) is 0 Å². The molecule has 116 valence electrons. The molecule has 0 aliphatic rings. The van der Waals surface area contributed by atoms with E-state index in [4.69, 9.17) is 24.7 Å². The molecule has 0 saturated heterocycles. The summed E-state index contributed by atoms with van der Waals surface area (Å²) in [5.41, 5.74) is 1.52. The monoisotopic (exact) mass is 372 g/mol. The fourth-order valence-corrected chi connectivity index (χ4v) is 2.23. The number of ether oxygens (including phenoxy) is 3. The van der Waals surface area contributed by atoms with Crippen LogP contribution in [0.15, 0.2) is 40.9 Å². The van der Waals surface area contributed by atoms with E-state index in [1.165, 1.54) is 0 Å². The molecule has 0 aliphatic carbocycles.